The smallest absolute Gasteiger partial charge is 0.0702 e. The quantitative estimate of drug-likeness (QED) is 0.204. The van der Waals surface area contributed by atoms with Gasteiger partial charge in [-0.15, -0.1) is 0 Å². The van der Waals surface area contributed by atoms with Crippen LogP contribution in [0, 0.1) is 6.92 Å². The summed E-state index contributed by atoms with van der Waals surface area (Å²) in [6.45, 7) is 2.21. The van der Waals surface area contributed by atoms with E-state index in [0.717, 1.165) is 22.4 Å². The second-order valence-electron chi connectivity index (χ2n) is 11.1. The lowest BCUT2D eigenvalue weighted by atomic mass is 9.84. The number of pyridine rings is 2. The van der Waals surface area contributed by atoms with Crippen LogP contribution in [0.15, 0.2) is 152 Å². The van der Waals surface area contributed by atoms with Crippen molar-refractivity contribution in [2.75, 3.05) is 0 Å². The molecule has 2 heteroatoms. The van der Waals surface area contributed by atoms with Gasteiger partial charge in [0.1, 0.15) is 0 Å². The van der Waals surface area contributed by atoms with Gasteiger partial charge in [0.2, 0.25) is 0 Å². The minimum atomic E-state index is 0.967. The number of rotatable bonds is 4. The SMILES string of the molecule is Cc1cc(-c2ccc(-c3ccncc3)cn2)ccc1-c1c2ccccc2c(-c2ccc3ccccc3c2)c2ccccc12. The third kappa shape index (κ3) is 4.36. The highest BCUT2D eigenvalue weighted by Crippen LogP contribution is 2.45. The first-order valence-electron chi connectivity index (χ1n) is 14.6. The Morgan fingerprint density at radius 1 is 0.442 bits per heavy atom. The van der Waals surface area contributed by atoms with Crippen molar-refractivity contribution in [1.29, 1.82) is 0 Å². The summed E-state index contributed by atoms with van der Waals surface area (Å²) in [5.41, 5.74) is 10.6. The van der Waals surface area contributed by atoms with Crippen molar-refractivity contribution < 1.29 is 0 Å². The van der Waals surface area contributed by atoms with Gasteiger partial charge >= 0.3 is 0 Å². The van der Waals surface area contributed by atoms with Crippen molar-refractivity contribution in [3.8, 4) is 44.6 Å². The summed E-state index contributed by atoms with van der Waals surface area (Å²) < 4.78 is 0. The van der Waals surface area contributed by atoms with Gasteiger partial charge in [-0.1, -0.05) is 103 Å². The number of fused-ring (bicyclic) bond motifs is 3. The van der Waals surface area contributed by atoms with Gasteiger partial charge in [0.05, 0.1) is 5.69 Å². The van der Waals surface area contributed by atoms with Crippen LogP contribution >= 0.6 is 0 Å². The highest BCUT2D eigenvalue weighted by Gasteiger charge is 2.18. The van der Waals surface area contributed by atoms with Crippen LogP contribution in [0.4, 0.5) is 0 Å². The molecule has 0 saturated carbocycles. The summed E-state index contributed by atoms with van der Waals surface area (Å²) in [7, 11) is 0. The minimum Gasteiger partial charge on any atom is -0.265 e. The van der Waals surface area contributed by atoms with E-state index in [9.17, 15) is 0 Å². The van der Waals surface area contributed by atoms with E-state index in [4.69, 9.17) is 4.98 Å². The lowest BCUT2D eigenvalue weighted by Crippen LogP contribution is -1.93. The fourth-order valence-corrected chi connectivity index (χ4v) is 6.46. The van der Waals surface area contributed by atoms with Crippen LogP contribution < -0.4 is 0 Å². The number of hydrogen-bond acceptors (Lipinski definition) is 2. The van der Waals surface area contributed by atoms with E-state index in [1.807, 2.05) is 30.7 Å². The van der Waals surface area contributed by atoms with Gasteiger partial charge in [-0.3, -0.25) is 9.97 Å². The van der Waals surface area contributed by atoms with Crippen molar-refractivity contribution in [2.45, 2.75) is 6.92 Å². The molecule has 0 bridgehead atoms. The zero-order valence-electron chi connectivity index (χ0n) is 23.8. The normalized spacial score (nSPS) is 11.4. The second-order valence-corrected chi connectivity index (χ2v) is 11.1. The molecule has 202 valence electrons. The zero-order valence-corrected chi connectivity index (χ0v) is 23.8. The van der Waals surface area contributed by atoms with Crippen LogP contribution in [-0.2, 0) is 0 Å². The molecule has 8 aromatic rings. The second kappa shape index (κ2) is 10.3. The number of hydrogen-bond donors (Lipinski definition) is 0. The molecule has 8 rings (SSSR count). The molecule has 0 aliphatic rings. The molecule has 0 fully saturated rings. The maximum atomic E-state index is 4.82. The Morgan fingerprint density at radius 3 is 1.70 bits per heavy atom. The minimum absolute atomic E-state index is 0.967. The molecule has 2 heterocycles. The summed E-state index contributed by atoms with van der Waals surface area (Å²) in [4.78, 5) is 8.94. The highest BCUT2D eigenvalue weighted by atomic mass is 14.7. The predicted octanol–water partition coefficient (Wildman–Crippen LogP) is 10.9. The Labute approximate surface area is 251 Å². The maximum Gasteiger partial charge on any atom is 0.0702 e. The summed E-state index contributed by atoms with van der Waals surface area (Å²) in [6, 6.07) is 48.1. The number of nitrogens with zero attached hydrogens (tertiary/aromatic N) is 2. The fourth-order valence-electron chi connectivity index (χ4n) is 6.46. The first-order chi connectivity index (χ1) is 21.2. The molecular formula is C41H28N2. The highest BCUT2D eigenvalue weighted by molar-refractivity contribution is 6.22. The Morgan fingerprint density at radius 2 is 1.05 bits per heavy atom. The van der Waals surface area contributed by atoms with Crippen LogP contribution in [-0.4, -0.2) is 9.97 Å². The van der Waals surface area contributed by atoms with E-state index in [2.05, 4.69) is 133 Å². The molecule has 0 spiro atoms. The van der Waals surface area contributed by atoms with Crippen LogP contribution in [0.5, 0.6) is 0 Å². The van der Waals surface area contributed by atoms with Crippen LogP contribution in [0.1, 0.15) is 5.56 Å². The Balaban J connectivity index is 1.29. The van der Waals surface area contributed by atoms with E-state index in [0.29, 0.717) is 0 Å². The van der Waals surface area contributed by atoms with E-state index in [1.165, 1.54) is 60.1 Å². The number of aryl methyl sites for hydroxylation is 1. The summed E-state index contributed by atoms with van der Waals surface area (Å²) in [5.74, 6) is 0. The number of aromatic nitrogens is 2. The Hall–Kier alpha value is -5.60. The molecule has 0 radical (unpaired) electrons. The fraction of sp³-hybridized carbons (Fsp3) is 0.0244. The van der Waals surface area contributed by atoms with Crippen LogP contribution in [0.3, 0.4) is 0 Å². The Kier molecular flexibility index (Phi) is 6.05. The van der Waals surface area contributed by atoms with Gasteiger partial charge in [-0.2, -0.15) is 0 Å². The van der Waals surface area contributed by atoms with Crippen molar-refractivity contribution in [3.05, 3.63) is 158 Å². The van der Waals surface area contributed by atoms with Crippen molar-refractivity contribution >= 4 is 32.3 Å². The average molecular weight is 549 g/mol. The molecule has 6 aromatic carbocycles. The number of benzene rings is 6. The largest absolute Gasteiger partial charge is 0.265 e. The molecular weight excluding hydrogens is 520 g/mol. The van der Waals surface area contributed by atoms with Gasteiger partial charge in [0.25, 0.3) is 0 Å². The molecule has 0 N–H and O–H groups in total. The van der Waals surface area contributed by atoms with E-state index >= 15 is 0 Å². The topological polar surface area (TPSA) is 25.8 Å². The van der Waals surface area contributed by atoms with Crippen molar-refractivity contribution in [1.82, 2.24) is 9.97 Å². The van der Waals surface area contributed by atoms with Crippen LogP contribution in [0.25, 0.3) is 77.0 Å². The van der Waals surface area contributed by atoms with E-state index in [-0.39, 0.29) is 0 Å². The molecule has 0 aliphatic heterocycles. The van der Waals surface area contributed by atoms with E-state index in [1.54, 1.807) is 0 Å². The summed E-state index contributed by atoms with van der Waals surface area (Å²) in [5, 5.41) is 7.58. The lowest BCUT2D eigenvalue weighted by molar-refractivity contribution is 1.30. The van der Waals surface area contributed by atoms with Gasteiger partial charge in [-0.05, 0) is 103 Å². The molecule has 0 amide bonds. The third-order valence-electron chi connectivity index (χ3n) is 8.54. The predicted molar refractivity (Wildman–Crippen MR) is 181 cm³/mol. The molecule has 0 atom stereocenters. The average Bonchev–Trinajstić information content (AvgIpc) is 3.07. The van der Waals surface area contributed by atoms with Gasteiger partial charge < -0.3 is 0 Å². The van der Waals surface area contributed by atoms with Gasteiger partial charge in [0.15, 0.2) is 0 Å². The molecule has 0 unspecified atom stereocenters. The van der Waals surface area contributed by atoms with E-state index < -0.39 is 0 Å². The molecule has 0 saturated heterocycles. The summed E-state index contributed by atoms with van der Waals surface area (Å²) >= 11 is 0. The standard InChI is InChI=1S/C41H28N2/c1-27-24-31(39-19-17-33(26-43-39)29-20-22-42-23-21-29)16-18-34(27)41-37-12-6-4-10-35(37)40(36-11-5-7-13-38(36)41)32-15-14-28-8-2-3-9-30(28)25-32/h2-26H,1H3. The molecule has 2 aromatic heterocycles. The molecule has 43 heavy (non-hydrogen) atoms. The van der Waals surface area contributed by atoms with Crippen molar-refractivity contribution in [3.63, 3.8) is 0 Å². The lowest BCUT2D eigenvalue weighted by Gasteiger charge is -2.19. The monoisotopic (exact) mass is 548 g/mol. The van der Waals surface area contributed by atoms with Crippen molar-refractivity contribution in [2.24, 2.45) is 0 Å². The maximum absolute atomic E-state index is 4.82. The first-order valence-corrected chi connectivity index (χ1v) is 14.6. The zero-order chi connectivity index (χ0) is 28.8. The third-order valence-corrected chi connectivity index (χ3v) is 8.54. The Bertz CT molecular complexity index is 2230. The first kappa shape index (κ1) is 25.1. The molecule has 0 aliphatic carbocycles. The van der Waals surface area contributed by atoms with Gasteiger partial charge in [0, 0.05) is 29.7 Å². The van der Waals surface area contributed by atoms with Crippen LogP contribution in [0.2, 0.25) is 0 Å². The van der Waals surface area contributed by atoms with Gasteiger partial charge in [-0.25, -0.2) is 0 Å². The molecule has 2 nitrogen and oxygen atoms in total. The summed E-state index contributed by atoms with van der Waals surface area (Å²) in [6.07, 6.45) is 5.57.